The predicted molar refractivity (Wildman–Crippen MR) is 75.2 cm³/mol. The van der Waals surface area contributed by atoms with Gasteiger partial charge in [0.05, 0.1) is 0 Å². The molecular weight excluding hydrogens is 303 g/mol. The SMILES string of the molecule is CC(Cc1ccc2ccccc2c1)NS(=O)(=O)C(F)(F)F. The summed E-state index contributed by atoms with van der Waals surface area (Å²) >= 11 is 0. The minimum absolute atomic E-state index is 0.181. The van der Waals surface area contributed by atoms with E-state index in [-0.39, 0.29) is 6.42 Å². The molecule has 0 aliphatic heterocycles. The van der Waals surface area contributed by atoms with E-state index in [2.05, 4.69) is 0 Å². The standard InChI is InChI=1S/C14H14F3NO2S/c1-10(18-21(19,20)14(15,16)17)8-11-6-7-12-4-2-3-5-13(12)9-11/h2-7,9-10,18H,8H2,1H3. The van der Waals surface area contributed by atoms with Crippen molar-refractivity contribution in [2.45, 2.75) is 24.9 Å². The molecule has 0 saturated heterocycles. The number of hydrogen-bond acceptors (Lipinski definition) is 2. The zero-order valence-electron chi connectivity index (χ0n) is 11.2. The maximum absolute atomic E-state index is 12.3. The second kappa shape index (κ2) is 5.65. The van der Waals surface area contributed by atoms with Crippen molar-refractivity contribution >= 4 is 20.8 Å². The molecule has 0 aliphatic rings. The smallest absolute Gasteiger partial charge is 0.204 e. The van der Waals surface area contributed by atoms with Gasteiger partial charge in [-0.05, 0) is 29.7 Å². The van der Waals surface area contributed by atoms with E-state index in [1.54, 1.807) is 10.8 Å². The second-order valence-corrected chi connectivity index (χ2v) is 6.56. The fourth-order valence-corrected chi connectivity index (χ4v) is 2.84. The summed E-state index contributed by atoms with van der Waals surface area (Å²) in [6.07, 6.45) is 0.181. The lowest BCUT2D eigenvalue weighted by Crippen LogP contribution is -2.42. The Morgan fingerprint density at radius 1 is 1.10 bits per heavy atom. The van der Waals surface area contributed by atoms with Crippen LogP contribution in [0, 0.1) is 0 Å². The van der Waals surface area contributed by atoms with E-state index in [1.807, 2.05) is 36.4 Å². The number of hydrogen-bond donors (Lipinski definition) is 1. The van der Waals surface area contributed by atoms with E-state index in [0.717, 1.165) is 16.3 Å². The van der Waals surface area contributed by atoms with Crippen molar-refractivity contribution < 1.29 is 21.6 Å². The number of alkyl halides is 3. The van der Waals surface area contributed by atoms with Crippen molar-refractivity contribution in [2.75, 3.05) is 0 Å². The number of benzene rings is 2. The van der Waals surface area contributed by atoms with Gasteiger partial charge in [-0.15, -0.1) is 0 Å². The van der Waals surface area contributed by atoms with Gasteiger partial charge in [0.1, 0.15) is 0 Å². The van der Waals surface area contributed by atoms with Crippen LogP contribution >= 0.6 is 0 Å². The van der Waals surface area contributed by atoms with Gasteiger partial charge in [-0.1, -0.05) is 42.5 Å². The van der Waals surface area contributed by atoms with Gasteiger partial charge >= 0.3 is 15.5 Å². The Labute approximate surface area is 120 Å². The topological polar surface area (TPSA) is 46.2 Å². The van der Waals surface area contributed by atoms with Crippen molar-refractivity contribution in [1.82, 2.24) is 4.72 Å². The van der Waals surface area contributed by atoms with E-state index >= 15 is 0 Å². The first-order valence-electron chi connectivity index (χ1n) is 6.25. The monoisotopic (exact) mass is 317 g/mol. The maximum atomic E-state index is 12.3. The fraction of sp³-hybridized carbons (Fsp3) is 0.286. The average Bonchev–Trinajstić information content (AvgIpc) is 2.36. The van der Waals surface area contributed by atoms with E-state index in [1.165, 1.54) is 6.92 Å². The van der Waals surface area contributed by atoms with Crippen molar-refractivity contribution in [1.29, 1.82) is 0 Å². The molecule has 2 aromatic rings. The van der Waals surface area contributed by atoms with E-state index < -0.39 is 21.6 Å². The Hall–Kier alpha value is -1.60. The molecule has 2 aromatic carbocycles. The molecule has 0 bridgehead atoms. The van der Waals surface area contributed by atoms with Gasteiger partial charge in [0.15, 0.2) is 0 Å². The lowest BCUT2D eigenvalue weighted by Gasteiger charge is -2.16. The van der Waals surface area contributed by atoms with Gasteiger partial charge in [-0.2, -0.15) is 13.2 Å². The molecule has 0 fully saturated rings. The molecule has 0 amide bonds. The highest BCUT2D eigenvalue weighted by Crippen LogP contribution is 2.23. The average molecular weight is 317 g/mol. The number of halogens is 3. The number of rotatable bonds is 4. The Bertz CT molecular complexity index is 741. The zero-order valence-corrected chi connectivity index (χ0v) is 12.0. The molecule has 21 heavy (non-hydrogen) atoms. The highest BCUT2D eigenvalue weighted by molar-refractivity contribution is 7.90. The Balaban J connectivity index is 2.13. The predicted octanol–water partition coefficient (Wildman–Crippen LogP) is 3.21. The molecule has 1 atom stereocenters. The highest BCUT2D eigenvalue weighted by atomic mass is 32.2. The summed E-state index contributed by atoms with van der Waals surface area (Å²) in [5.74, 6) is 0. The molecule has 2 rings (SSSR count). The number of sulfonamides is 1. The summed E-state index contributed by atoms with van der Waals surface area (Å²) in [5, 5.41) is 1.98. The van der Waals surface area contributed by atoms with Crippen molar-refractivity contribution in [3.05, 3.63) is 48.0 Å². The van der Waals surface area contributed by atoms with Crippen LogP contribution in [-0.2, 0) is 16.4 Å². The Morgan fingerprint density at radius 2 is 1.71 bits per heavy atom. The van der Waals surface area contributed by atoms with E-state index in [4.69, 9.17) is 0 Å². The molecule has 7 heteroatoms. The highest BCUT2D eigenvalue weighted by Gasteiger charge is 2.46. The van der Waals surface area contributed by atoms with Crippen LogP contribution in [0.5, 0.6) is 0 Å². The minimum Gasteiger partial charge on any atom is -0.204 e. The zero-order chi connectivity index (χ0) is 15.7. The molecule has 0 aromatic heterocycles. The molecule has 1 unspecified atom stereocenters. The van der Waals surface area contributed by atoms with Crippen LogP contribution in [0.25, 0.3) is 10.8 Å². The Morgan fingerprint density at radius 3 is 2.33 bits per heavy atom. The van der Waals surface area contributed by atoms with E-state index in [9.17, 15) is 21.6 Å². The van der Waals surface area contributed by atoms with Crippen LogP contribution in [0.3, 0.4) is 0 Å². The number of fused-ring (bicyclic) bond motifs is 1. The molecule has 1 N–H and O–H groups in total. The molecule has 0 radical (unpaired) electrons. The van der Waals surface area contributed by atoms with Crippen LogP contribution in [0.2, 0.25) is 0 Å². The van der Waals surface area contributed by atoms with Crippen molar-refractivity contribution in [2.24, 2.45) is 0 Å². The third-order valence-electron chi connectivity index (χ3n) is 3.02. The number of nitrogens with one attached hydrogen (secondary N) is 1. The molecule has 3 nitrogen and oxygen atoms in total. The van der Waals surface area contributed by atoms with E-state index in [0.29, 0.717) is 0 Å². The Kier molecular flexibility index (Phi) is 4.25. The maximum Gasteiger partial charge on any atom is 0.511 e. The molecule has 0 saturated carbocycles. The van der Waals surface area contributed by atoms with Crippen molar-refractivity contribution in [3.8, 4) is 0 Å². The summed E-state index contributed by atoms with van der Waals surface area (Å²) in [6.45, 7) is 1.40. The normalized spacial score (nSPS) is 14.3. The second-order valence-electron chi connectivity index (χ2n) is 4.85. The third kappa shape index (κ3) is 3.74. The minimum atomic E-state index is -5.31. The van der Waals surface area contributed by atoms with Gasteiger partial charge in [0, 0.05) is 6.04 Å². The van der Waals surface area contributed by atoms with Crippen LogP contribution < -0.4 is 4.72 Å². The van der Waals surface area contributed by atoms with Gasteiger partial charge in [0.2, 0.25) is 0 Å². The van der Waals surface area contributed by atoms with Crippen LogP contribution in [0.1, 0.15) is 12.5 Å². The van der Waals surface area contributed by atoms with Crippen LogP contribution in [-0.4, -0.2) is 20.0 Å². The molecule has 0 heterocycles. The summed E-state index contributed by atoms with van der Waals surface area (Å²) in [4.78, 5) is 0. The van der Waals surface area contributed by atoms with Gasteiger partial charge in [-0.3, -0.25) is 0 Å². The summed E-state index contributed by atoms with van der Waals surface area (Å²) in [5.41, 5.74) is -4.52. The summed E-state index contributed by atoms with van der Waals surface area (Å²) in [7, 11) is -5.31. The van der Waals surface area contributed by atoms with Crippen LogP contribution in [0.15, 0.2) is 42.5 Å². The molecule has 114 valence electrons. The lowest BCUT2D eigenvalue weighted by atomic mass is 10.0. The van der Waals surface area contributed by atoms with Gasteiger partial charge in [0.25, 0.3) is 0 Å². The third-order valence-corrected chi connectivity index (χ3v) is 4.34. The summed E-state index contributed by atoms with van der Waals surface area (Å²) in [6, 6.07) is 12.2. The van der Waals surface area contributed by atoms with Crippen LogP contribution in [0.4, 0.5) is 13.2 Å². The molecule has 0 spiro atoms. The summed E-state index contributed by atoms with van der Waals surface area (Å²) < 4.78 is 60.6. The lowest BCUT2D eigenvalue weighted by molar-refractivity contribution is -0.0450. The quantitative estimate of drug-likeness (QED) is 0.941. The first kappa shape index (κ1) is 15.8. The molecule has 0 aliphatic carbocycles. The van der Waals surface area contributed by atoms with Gasteiger partial charge < -0.3 is 0 Å². The van der Waals surface area contributed by atoms with Crippen molar-refractivity contribution in [3.63, 3.8) is 0 Å². The fourth-order valence-electron chi connectivity index (χ4n) is 2.09. The first-order chi connectivity index (χ1) is 9.69. The van der Waals surface area contributed by atoms with Gasteiger partial charge in [-0.25, -0.2) is 13.1 Å². The largest absolute Gasteiger partial charge is 0.511 e. The molecular formula is C14H14F3NO2S. The first-order valence-corrected chi connectivity index (χ1v) is 7.73.